The number of hydrogen-bond donors (Lipinski definition) is 2. The third-order valence-corrected chi connectivity index (χ3v) is 5.23. The highest BCUT2D eigenvalue weighted by Crippen LogP contribution is 2.40. The second-order valence-corrected chi connectivity index (χ2v) is 8.26. The van der Waals surface area contributed by atoms with Crippen LogP contribution in [0.4, 0.5) is 4.79 Å². The average Bonchev–Trinajstić information content (AvgIpc) is 2.59. The number of carbonyl (C=O) groups is 3. The molecule has 0 bridgehead atoms. The Hall–Kier alpha value is -2.95. The van der Waals surface area contributed by atoms with Crippen molar-refractivity contribution in [2.45, 2.75) is 53.9 Å². The summed E-state index contributed by atoms with van der Waals surface area (Å²) in [7, 11) is 0. The Bertz CT molecular complexity index is 871. The molecule has 0 spiro atoms. The van der Waals surface area contributed by atoms with Crippen LogP contribution in [0.3, 0.4) is 0 Å². The maximum Gasteiger partial charge on any atom is 0.328 e. The van der Waals surface area contributed by atoms with E-state index >= 15 is 0 Å². The van der Waals surface area contributed by atoms with E-state index in [1.807, 2.05) is 35.8 Å². The highest BCUT2D eigenvalue weighted by Gasteiger charge is 2.27. The van der Waals surface area contributed by atoms with Gasteiger partial charge in [0.1, 0.15) is 5.57 Å². The first kappa shape index (κ1) is 22.3. The smallest absolute Gasteiger partial charge is 0.273 e. The highest BCUT2D eigenvalue weighted by molar-refractivity contribution is 6.29. The van der Waals surface area contributed by atoms with Crippen LogP contribution in [-0.4, -0.2) is 17.8 Å². The maximum atomic E-state index is 11.7. The van der Waals surface area contributed by atoms with Crippen molar-refractivity contribution >= 4 is 17.8 Å². The molecule has 1 aliphatic heterocycles. The summed E-state index contributed by atoms with van der Waals surface area (Å²) in [6, 6.07) is -0.797. The minimum Gasteiger partial charge on any atom is -0.273 e. The van der Waals surface area contributed by atoms with E-state index in [0.717, 1.165) is 11.1 Å². The normalized spacial score (nSPS) is 21.1. The second-order valence-electron chi connectivity index (χ2n) is 8.26. The molecule has 1 aliphatic carbocycles. The summed E-state index contributed by atoms with van der Waals surface area (Å²) in [4.78, 5) is 34.4. The molecule has 154 valence electrons. The van der Waals surface area contributed by atoms with E-state index in [0.29, 0.717) is 0 Å². The van der Waals surface area contributed by atoms with Crippen molar-refractivity contribution in [3.8, 4) is 0 Å². The molecule has 2 N–H and O–H groups in total. The van der Waals surface area contributed by atoms with Gasteiger partial charge in [-0.1, -0.05) is 67.0 Å². The third-order valence-electron chi connectivity index (χ3n) is 5.23. The Kier molecular flexibility index (Phi) is 7.32. The molecule has 2 rings (SSSR count). The topological polar surface area (TPSA) is 75.3 Å². The molecule has 5 nitrogen and oxygen atoms in total. The van der Waals surface area contributed by atoms with Crippen molar-refractivity contribution in [2.75, 3.05) is 0 Å². The van der Waals surface area contributed by atoms with Gasteiger partial charge in [-0.25, -0.2) is 4.79 Å². The van der Waals surface area contributed by atoms with Crippen LogP contribution >= 0.6 is 0 Å². The van der Waals surface area contributed by atoms with Crippen LogP contribution in [0.15, 0.2) is 70.4 Å². The Morgan fingerprint density at radius 3 is 2.21 bits per heavy atom. The van der Waals surface area contributed by atoms with Crippen molar-refractivity contribution in [3.05, 3.63) is 70.4 Å². The lowest BCUT2D eigenvalue weighted by Crippen LogP contribution is -2.51. The van der Waals surface area contributed by atoms with Crippen molar-refractivity contribution < 1.29 is 14.4 Å². The SMILES string of the molecule is CC1=C(/C=C/C(C)=C/C=C/C(C)=C/C=C2C(=O)NC(=O)NC2=O)C(C)(C)CCC1. The van der Waals surface area contributed by atoms with Crippen LogP contribution in [0.2, 0.25) is 0 Å². The van der Waals surface area contributed by atoms with E-state index in [9.17, 15) is 14.4 Å². The second kappa shape index (κ2) is 9.50. The largest absolute Gasteiger partial charge is 0.328 e. The zero-order valence-electron chi connectivity index (χ0n) is 17.9. The van der Waals surface area contributed by atoms with E-state index in [1.165, 1.54) is 36.5 Å². The molecule has 4 amide bonds. The molecule has 0 aromatic rings. The molecule has 2 aliphatic rings. The number of amides is 4. The van der Waals surface area contributed by atoms with E-state index in [-0.39, 0.29) is 11.0 Å². The van der Waals surface area contributed by atoms with Gasteiger partial charge >= 0.3 is 6.03 Å². The van der Waals surface area contributed by atoms with Gasteiger partial charge in [0.25, 0.3) is 11.8 Å². The minimum absolute atomic E-state index is 0.0919. The van der Waals surface area contributed by atoms with Gasteiger partial charge in [0, 0.05) is 0 Å². The Morgan fingerprint density at radius 1 is 0.966 bits per heavy atom. The van der Waals surface area contributed by atoms with Gasteiger partial charge in [-0.3, -0.25) is 20.2 Å². The van der Waals surface area contributed by atoms with Gasteiger partial charge in [0.05, 0.1) is 0 Å². The molecular weight excluding hydrogens is 364 g/mol. The molecule has 0 radical (unpaired) electrons. The number of urea groups is 1. The monoisotopic (exact) mass is 394 g/mol. The quantitative estimate of drug-likeness (QED) is 0.399. The summed E-state index contributed by atoms with van der Waals surface area (Å²) >= 11 is 0. The number of imide groups is 2. The predicted molar refractivity (Wildman–Crippen MR) is 116 cm³/mol. The fourth-order valence-electron chi connectivity index (χ4n) is 3.53. The fourth-order valence-corrected chi connectivity index (χ4v) is 3.53. The van der Waals surface area contributed by atoms with Crippen molar-refractivity contribution in [3.63, 3.8) is 0 Å². The minimum atomic E-state index is -0.797. The average molecular weight is 395 g/mol. The van der Waals surface area contributed by atoms with E-state index < -0.39 is 17.8 Å². The number of nitrogens with one attached hydrogen (secondary N) is 2. The maximum absolute atomic E-state index is 11.7. The van der Waals surface area contributed by atoms with Gasteiger partial charge in [-0.05, 0) is 57.1 Å². The van der Waals surface area contributed by atoms with E-state index in [4.69, 9.17) is 0 Å². The lowest BCUT2D eigenvalue weighted by Gasteiger charge is -2.32. The number of hydrogen-bond acceptors (Lipinski definition) is 3. The molecule has 0 unspecified atom stereocenters. The highest BCUT2D eigenvalue weighted by atomic mass is 16.2. The van der Waals surface area contributed by atoms with E-state index in [1.54, 1.807) is 6.08 Å². The van der Waals surface area contributed by atoms with Gasteiger partial charge < -0.3 is 0 Å². The van der Waals surface area contributed by atoms with Gasteiger partial charge in [0.2, 0.25) is 0 Å². The standard InChI is InChI=1S/C24H30N2O3/c1-16(11-13-19-21(27)25-23(29)26-22(19)28)8-6-9-17(2)12-14-20-18(3)10-7-15-24(20,4)5/h6,8-9,11-14H,7,10,15H2,1-5H3,(H2,25,26,27,28,29)/b8-6+,14-12+,16-11+,17-9+. The molecule has 5 heteroatoms. The predicted octanol–water partition coefficient (Wildman–Crippen LogP) is 4.81. The first-order valence-electron chi connectivity index (χ1n) is 9.88. The number of allylic oxidation sites excluding steroid dienone is 11. The summed E-state index contributed by atoms with van der Waals surface area (Å²) < 4.78 is 0. The van der Waals surface area contributed by atoms with Gasteiger partial charge in [0.15, 0.2) is 0 Å². The van der Waals surface area contributed by atoms with Crippen LogP contribution in [0.1, 0.15) is 53.9 Å². The van der Waals surface area contributed by atoms with Crippen molar-refractivity contribution in [2.24, 2.45) is 5.41 Å². The summed E-state index contributed by atoms with van der Waals surface area (Å²) in [5.74, 6) is -1.38. The number of barbiturate groups is 1. The summed E-state index contributed by atoms with van der Waals surface area (Å²) in [5, 5.41) is 4.09. The van der Waals surface area contributed by atoms with Crippen LogP contribution in [-0.2, 0) is 9.59 Å². The molecular formula is C24H30N2O3. The van der Waals surface area contributed by atoms with Crippen LogP contribution in [0, 0.1) is 5.41 Å². The van der Waals surface area contributed by atoms with E-state index in [2.05, 4.69) is 39.8 Å². The van der Waals surface area contributed by atoms with Gasteiger partial charge in [-0.2, -0.15) is 0 Å². The number of rotatable bonds is 5. The van der Waals surface area contributed by atoms with Crippen molar-refractivity contribution in [1.29, 1.82) is 0 Å². The summed E-state index contributed by atoms with van der Waals surface area (Å²) in [6.45, 7) is 10.8. The van der Waals surface area contributed by atoms with Gasteiger partial charge in [-0.15, -0.1) is 0 Å². The third kappa shape index (κ3) is 6.28. The van der Waals surface area contributed by atoms with Crippen molar-refractivity contribution in [1.82, 2.24) is 10.6 Å². The first-order chi connectivity index (χ1) is 13.6. The zero-order valence-corrected chi connectivity index (χ0v) is 17.9. The number of carbonyl (C=O) groups excluding carboxylic acids is 3. The molecule has 1 heterocycles. The molecule has 29 heavy (non-hydrogen) atoms. The summed E-state index contributed by atoms with van der Waals surface area (Å²) in [6.07, 6.45) is 17.0. The first-order valence-corrected chi connectivity index (χ1v) is 9.88. The fraction of sp³-hybridized carbons (Fsp3) is 0.375. The Balaban J connectivity index is 2.04. The molecule has 0 aromatic heterocycles. The lowest BCUT2D eigenvalue weighted by atomic mass is 9.72. The molecule has 0 aromatic carbocycles. The van der Waals surface area contributed by atoms with Crippen LogP contribution in [0.5, 0.6) is 0 Å². The summed E-state index contributed by atoms with van der Waals surface area (Å²) in [5.41, 5.74) is 5.06. The molecule has 0 saturated carbocycles. The Morgan fingerprint density at radius 2 is 1.59 bits per heavy atom. The molecule has 0 atom stereocenters. The molecule has 1 fully saturated rings. The van der Waals surface area contributed by atoms with Crippen LogP contribution in [0.25, 0.3) is 0 Å². The van der Waals surface area contributed by atoms with Crippen LogP contribution < -0.4 is 10.6 Å². The lowest BCUT2D eigenvalue weighted by molar-refractivity contribution is -0.124. The zero-order chi connectivity index (χ0) is 21.6. The molecule has 1 saturated heterocycles. The Labute approximate surface area is 173 Å².